The van der Waals surface area contributed by atoms with Gasteiger partial charge in [0.1, 0.15) is 5.75 Å². The predicted octanol–water partition coefficient (Wildman–Crippen LogP) is 5.11. The summed E-state index contributed by atoms with van der Waals surface area (Å²) in [5, 5.41) is 3.04. The van der Waals surface area contributed by atoms with E-state index in [0.717, 1.165) is 12.0 Å². The zero-order chi connectivity index (χ0) is 22.4. The Morgan fingerprint density at radius 1 is 1.00 bits per heavy atom. The number of halogens is 1. The summed E-state index contributed by atoms with van der Waals surface area (Å²) in [7, 11) is -3.82. The number of rotatable bonds is 8. The van der Waals surface area contributed by atoms with Crippen LogP contribution in [0.3, 0.4) is 0 Å². The predicted molar refractivity (Wildman–Crippen MR) is 123 cm³/mol. The van der Waals surface area contributed by atoms with Gasteiger partial charge in [0.25, 0.3) is 15.9 Å². The first-order valence-electron chi connectivity index (χ1n) is 9.73. The van der Waals surface area contributed by atoms with Gasteiger partial charge in [0.15, 0.2) is 6.10 Å². The van der Waals surface area contributed by atoms with E-state index >= 15 is 0 Å². The van der Waals surface area contributed by atoms with Crippen LogP contribution < -0.4 is 14.8 Å². The van der Waals surface area contributed by atoms with Crippen molar-refractivity contribution in [3.63, 3.8) is 0 Å². The molecule has 1 amide bonds. The lowest BCUT2D eigenvalue weighted by Crippen LogP contribution is -2.30. The van der Waals surface area contributed by atoms with Crippen molar-refractivity contribution in [1.29, 1.82) is 0 Å². The van der Waals surface area contributed by atoms with Crippen LogP contribution in [0.2, 0.25) is 5.02 Å². The molecular formula is C23H23ClN2O4S. The molecule has 3 aromatic carbocycles. The molecule has 0 radical (unpaired) electrons. The maximum absolute atomic E-state index is 12.6. The molecule has 0 saturated carbocycles. The zero-order valence-corrected chi connectivity index (χ0v) is 18.7. The Hall–Kier alpha value is -3.03. The molecule has 0 saturated heterocycles. The number of hydrogen-bond donors (Lipinski definition) is 2. The molecule has 0 heterocycles. The fourth-order valence-electron chi connectivity index (χ4n) is 2.86. The lowest BCUT2D eigenvalue weighted by Gasteiger charge is -2.17. The second-order valence-corrected chi connectivity index (χ2v) is 8.91. The van der Waals surface area contributed by atoms with E-state index in [-0.39, 0.29) is 10.8 Å². The number of hydrogen-bond acceptors (Lipinski definition) is 4. The summed E-state index contributed by atoms with van der Waals surface area (Å²) in [5.41, 5.74) is 1.77. The molecule has 3 aromatic rings. The fraction of sp³-hybridized carbons (Fsp3) is 0.174. The van der Waals surface area contributed by atoms with Gasteiger partial charge in [-0.05, 0) is 61.4 Å². The van der Waals surface area contributed by atoms with Gasteiger partial charge in [0, 0.05) is 5.69 Å². The molecule has 2 N–H and O–H groups in total. The summed E-state index contributed by atoms with van der Waals surface area (Å²) in [6.45, 7) is 3.68. The number of para-hydroxylation sites is 2. The smallest absolute Gasteiger partial charge is 0.265 e. The monoisotopic (exact) mass is 458 g/mol. The topological polar surface area (TPSA) is 84.5 Å². The lowest BCUT2D eigenvalue weighted by molar-refractivity contribution is -0.122. The summed E-state index contributed by atoms with van der Waals surface area (Å²) in [6.07, 6.45) is 0.0702. The van der Waals surface area contributed by atoms with Crippen LogP contribution in [-0.4, -0.2) is 20.4 Å². The van der Waals surface area contributed by atoms with Crippen molar-refractivity contribution < 1.29 is 17.9 Å². The van der Waals surface area contributed by atoms with E-state index in [1.54, 1.807) is 31.2 Å². The highest BCUT2D eigenvalue weighted by Gasteiger charge is 2.18. The number of ether oxygens (including phenoxy) is 1. The first-order valence-corrected chi connectivity index (χ1v) is 11.6. The molecule has 0 aliphatic rings. The molecule has 0 aromatic heterocycles. The molecule has 0 bridgehead atoms. The van der Waals surface area contributed by atoms with Crippen LogP contribution in [0.25, 0.3) is 0 Å². The van der Waals surface area contributed by atoms with Crippen LogP contribution in [0.1, 0.15) is 19.4 Å². The summed E-state index contributed by atoms with van der Waals surface area (Å²) in [6, 6.07) is 20.0. The summed E-state index contributed by atoms with van der Waals surface area (Å²) in [5.74, 6) is 0.329. The number of carbonyl (C=O) groups excluding carboxylic acids is 1. The number of carbonyl (C=O) groups is 1. The standard InChI is InChI=1S/C23H23ClN2O4S/c1-3-17-8-4-7-11-22(17)30-16(2)23(27)25-18-12-14-19(15-13-18)31(28,29)26-21-10-6-5-9-20(21)24/h4-16,26H,3H2,1-2H3,(H,25,27)/t16-/m0/s1. The number of sulfonamides is 1. The summed E-state index contributed by atoms with van der Waals surface area (Å²) in [4.78, 5) is 12.5. The Labute approximate surface area is 187 Å². The van der Waals surface area contributed by atoms with Gasteiger partial charge < -0.3 is 10.1 Å². The van der Waals surface area contributed by atoms with E-state index in [0.29, 0.717) is 22.1 Å². The first kappa shape index (κ1) is 22.7. The molecule has 0 fully saturated rings. The van der Waals surface area contributed by atoms with E-state index in [9.17, 15) is 13.2 Å². The molecule has 0 unspecified atom stereocenters. The number of amides is 1. The average Bonchev–Trinajstić information content (AvgIpc) is 2.76. The van der Waals surface area contributed by atoms with Gasteiger partial charge in [-0.15, -0.1) is 0 Å². The van der Waals surface area contributed by atoms with Gasteiger partial charge in [-0.1, -0.05) is 48.9 Å². The number of anilines is 2. The van der Waals surface area contributed by atoms with Gasteiger partial charge in [-0.2, -0.15) is 0 Å². The van der Waals surface area contributed by atoms with Crippen molar-refractivity contribution in [3.8, 4) is 5.75 Å². The van der Waals surface area contributed by atoms with E-state index in [1.165, 1.54) is 24.3 Å². The molecular weight excluding hydrogens is 436 g/mol. The molecule has 1 atom stereocenters. The third-order valence-corrected chi connectivity index (χ3v) is 6.29. The van der Waals surface area contributed by atoms with Crippen molar-refractivity contribution in [1.82, 2.24) is 0 Å². The minimum absolute atomic E-state index is 0.0478. The van der Waals surface area contributed by atoms with Crippen LogP contribution >= 0.6 is 11.6 Å². The SMILES string of the molecule is CCc1ccccc1O[C@@H](C)C(=O)Nc1ccc(S(=O)(=O)Nc2ccccc2Cl)cc1. The molecule has 31 heavy (non-hydrogen) atoms. The maximum Gasteiger partial charge on any atom is 0.265 e. The highest BCUT2D eigenvalue weighted by molar-refractivity contribution is 7.92. The highest BCUT2D eigenvalue weighted by Crippen LogP contribution is 2.25. The van der Waals surface area contributed by atoms with Crippen molar-refractivity contribution in [3.05, 3.63) is 83.4 Å². The molecule has 162 valence electrons. The Bertz CT molecular complexity index is 1160. The van der Waals surface area contributed by atoms with E-state index in [4.69, 9.17) is 16.3 Å². The fourth-order valence-corrected chi connectivity index (χ4v) is 4.18. The Morgan fingerprint density at radius 3 is 2.32 bits per heavy atom. The third-order valence-electron chi connectivity index (χ3n) is 4.58. The van der Waals surface area contributed by atoms with Crippen LogP contribution in [-0.2, 0) is 21.2 Å². The third kappa shape index (κ3) is 5.77. The molecule has 6 nitrogen and oxygen atoms in total. The summed E-state index contributed by atoms with van der Waals surface area (Å²) < 4.78 is 33.4. The second-order valence-electron chi connectivity index (χ2n) is 6.82. The van der Waals surface area contributed by atoms with Crippen LogP contribution in [0.4, 0.5) is 11.4 Å². The molecule has 8 heteroatoms. The minimum Gasteiger partial charge on any atom is -0.481 e. The van der Waals surface area contributed by atoms with Gasteiger partial charge >= 0.3 is 0 Å². The normalized spacial score (nSPS) is 12.1. The first-order chi connectivity index (χ1) is 14.8. The zero-order valence-electron chi connectivity index (χ0n) is 17.1. The number of nitrogens with one attached hydrogen (secondary N) is 2. The van der Waals surface area contributed by atoms with Crippen molar-refractivity contribution >= 4 is 38.9 Å². The Kier molecular flexibility index (Phi) is 7.20. The van der Waals surface area contributed by atoms with Crippen molar-refractivity contribution in [2.24, 2.45) is 0 Å². The molecule has 0 aliphatic heterocycles. The minimum atomic E-state index is -3.82. The lowest BCUT2D eigenvalue weighted by atomic mass is 10.1. The van der Waals surface area contributed by atoms with E-state index < -0.39 is 16.1 Å². The van der Waals surface area contributed by atoms with Crippen LogP contribution in [0, 0.1) is 0 Å². The Morgan fingerprint density at radius 2 is 1.65 bits per heavy atom. The Balaban J connectivity index is 1.65. The van der Waals surface area contributed by atoms with Crippen molar-refractivity contribution in [2.45, 2.75) is 31.3 Å². The van der Waals surface area contributed by atoms with Crippen LogP contribution in [0.15, 0.2) is 77.7 Å². The summed E-state index contributed by atoms with van der Waals surface area (Å²) >= 11 is 6.02. The van der Waals surface area contributed by atoms with Crippen molar-refractivity contribution in [2.75, 3.05) is 10.0 Å². The molecule has 0 spiro atoms. The van der Waals surface area contributed by atoms with Gasteiger partial charge in [0.05, 0.1) is 15.6 Å². The van der Waals surface area contributed by atoms with E-state index in [1.807, 2.05) is 31.2 Å². The number of benzene rings is 3. The van der Waals surface area contributed by atoms with Crippen LogP contribution in [0.5, 0.6) is 5.75 Å². The molecule has 0 aliphatic carbocycles. The largest absolute Gasteiger partial charge is 0.481 e. The van der Waals surface area contributed by atoms with Gasteiger partial charge in [-0.25, -0.2) is 8.42 Å². The molecule has 3 rings (SSSR count). The number of aryl methyl sites for hydroxylation is 1. The highest BCUT2D eigenvalue weighted by atomic mass is 35.5. The average molecular weight is 459 g/mol. The second kappa shape index (κ2) is 9.85. The maximum atomic E-state index is 12.6. The van der Waals surface area contributed by atoms with Gasteiger partial charge in [0.2, 0.25) is 0 Å². The van der Waals surface area contributed by atoms with E-state index in [2.05, 4.69) is 10.0 Å². The van der Waals surface area contributed by atoms with Gasteiger partial charge in [-0.3, -0.25) is 9.52 Å². The quantitative estimate of drug-likeness (QED) is 0.491.